The number of rotatable bonds is 6. The van der Waals surface area contributed by atoms with Crippen molar-refractivity contribution in [3.8, 4) is 5.75 Å². The molecule has 1 aromatic carbocycles. The molecule has 3 aromatic rings. The van der Waals surface area contributed by atoms with Gasteiger partial charge >= 0.3 is 6.03 Å². The fourth-order valence-electron chi connectivity index (χ4n) is 4.89. The topological polar surface area (TPSA) is 130 Å². The Kier molecular flexibility index (Phi) is 7.70. The summed E-state index contributed by atoms with van der Waals surface area (Å²) in [6, 6.07) is 11.4. The van der Waals surface area contributed by atoms with Gasteiger partial charge in [0.2, 0.25) is 0 Å². The molecule has 1 fully saturated rings. The van der Waals surface area contributed by atoms with Gasteiger partial charge in [0.15, 0.2) is 5.82 Å². The van der Waals surface area contributed by atoms with Crippen LogP contribution < -0.4 is 26.0 Å². The zero-order valence-electron chi connectivity index (χ0n) is 23.6. The van der Waals surface area contributed by atoms with Crippen LogP contribution in [-0.2, 0) is 5.41 Å². The van der Waals surface area contributed by atoms with Crippen molar-refractivity contribution in [1.82, 2.24) is 15.5 Å². The van der Waals surface area contributed by atoms with E-state index in [0.29, 0.717) is 28.7 Å². The smallest absolute Gasteiger partial charge is 0.324 e. The third-order valence-corrected chi connectivity index (χ3v) is 6.32. The lowest BCUT2D eigenvalue weighted by molar-refractivity contribution is 0.0557. The second-order valence-corrected chi connectivity index (χ2v) is 12.4. The third kappa shape index (κ3) is 7.79. The van der Waals surface area contributed by atoms with Gasteiger partial charge in [0.1, 0.15) is 23.3 Å². The molecule has 0 bridgehead atoms. The van der Waals surface area contributed by atoms with Crippen LogP contribution in [0, 0.1) is 0 Å². The van der Waals surface area contributed by atoms with E-state index in [-0.39, 0.29) is 34.2 Å². The summed E-state index contributed by atoms with van der Waals surface area (Å²) >= 11 is 0. The van der Waals surface area contributed by atoms with E-state index in [1.165, 1.54) is 0 Å². The molecule has 10 heteroatoms. The van der Waals surface area contributed by atoms with E-state index >= 15 is 0 Å². The molecule has 0 radical (unpaired) electrons. The largest absolute Gasteiger partial charge is 0.489 e. The summed E-state index contributed by atoms with van der Waals surface area (Å²) in [6.07, 6.45) is 3.40. The molecule has 10 nitrogen and oxygen atoms in total. The van der Waals surface area contributed by atoms with Gasteiger partial charge in [0.25, 0.3) is 5.91 Å². The second-order valence-electron chi connectivity index (χ2n) is 12.4. The highest BCUT2D eigenvalue weighted by molar-refractivity contribution is 6.03. The van der Waals surface area contributed by atoms with Gasteiger partial charge in [0, 0.05) is 46.8 Å². The zero-order valence-corrected chi connectivity index (χ0v) is 23.6. The Morgan fingerprint density at radius 3 is 2.10 bits per heavy atom. The maximum absolute atomic E-state index is 12.7. The van der Waals surface area contributed by atoms with Crippen LogP contribution in [0.15, 0.2) is 53.2 Å². The van der Waals surface area contributed by atoms with Crippen LogP contribution in [0.3, 0.4) is 0 Å². The number of piperidine rings is 1. The fourth-order valence-corrected chi connectivity index (χ4v) is 4.89. The Balaban J connectivity index is 1.28. The van der Waals surface area contributed by atoms with Crippen molar-refractivity contribution in [2.24, 2.45) is 0 Å². The number of amides is 3. The average Bonchev–Trinajstić information content (AvgIpc) is 3.28. The zero-order chi connectivity index (χ0) is 28.4. The van der Waals surface area contributed by atoms with Crippen molar-refractivity contribution in [1.29, 1.82) is 0 Å². The first-order valence-electron chi connectivity index (χ1n) is 13.1. The van der Waals surface area contributed by atoms with E-state index < -0.39 is 6.03 Å². The number of hydrogen-bond donors (Lipinski definition) is 4. The number of pyridine rings is 1. The third-order valence-electron chi connectivity index (χ3n) is 6.32. The van der Waals surface area contributed by atoms with Gasteiger partial charge in [-0.15, -0.1) is 0 Å². The Bertz CT molecular complexity index is 1290. The van der Waals surface area contributed by atoms with Crippen LogP contribution in [0.2, 0.25) is 0 Å². The number of ether oxygens (including phenoxy) is 1. The van der Waals surface area contributed by atoms with E-state index in [1.54, 1.807) is 48.7 Å². The predicted molar refractivity (Wildman–Crippen MR) is 151 cm³/mol. The van der Waals surface area contributed by atoms with E-state index in [9.17, 15) is 9.59 Å². The minimum absolute atomic E-state index is 0.0261. The maximum atomic E-state index is 12.7. The van der Waals surface area contributed by atoms with Gasteiger partial charge in [-0.2, -0.15) is 0 Å². The molecule has 208 valence electrons. The number of urea groups is 1. The number of aromatic nitrogens is 2. The molecule has 0 spiro atoms. The molecular weight excluding hydrogens is 496 g/mol. The summed E-state index contributed by atoms with van der Waals surface area (Å²) in [5.41, 5.74) is 1.13. The summed E-state index contributed by atoms with van der Waals surface area (Å²) in [4.78, 5) is 29.3. The minimum Gasteiger partial charge on any atom is -0.489 e. The summed E-state index contributed by atoms with van der Waals surface area (Å²) in [5.74, 6) is 1.29. The molecule has 4 N–H and O–H groups in total. The molecule has 39 heavy (non-hydrogen) atoms. The average molecular weight is 535 g/mol. The molecule has 1 aliphatic heterocycles. The summed E-state index contributed by atoms with van der Waals surface area (Å²) in [7, 11) is 0. The Hall–Kier alpha value is -3.92. The highest BCUT2D eigenvalue weighted by Gasteiger charge is 2.38. The van der Waals surface area contributed by atoms with Crippen LogP contribution in [0.5, 0.6) is 5.75 Å². The normalized spacial score (nSPS) is 16.8. The van der Waals surface area contributed by atoms with Gasteiger partial charge in [0.05, 0.1) is 6.20 Å². The molecule has 1 aliphatic rings. The van der Waals surface area contributed by atoms with E-state index in [2.05, 4.69) is 59.1 Å². The van der Waals surface area contributed by atoms with Gasteiger partial charge in [-0.25, -0.2) is 9.78 Å². The standard InChI is InChI=1S/C29H38N6O4/c1-27(2,3)23-14-24(34-39-23)33-26(37)32-19-10-8-18(9-11-19)31-25(36)22-13-12-20(17-30-22)38-21-15-28(4,5)35-29(6,7)16-21/h8-14,17,21,35H,15-16H2,1-7H3,(H,31,36)(H2,32,33,34,37). The number of nitrogens with zero attached hydrogens (tertiary/aromatic N) is 2. The molecule has 1 saturated heterocycles. The molecule has 3 heterocycles. The van der Waals surface area contributed by atoms with Crippen LogP contribution in [0.4, 0.5) is 22.0 Å². The van der Waals surface area contributed by atoms with Crippen molar-refractivity contribution in [2.45, 2.75) is 83.9 Å². The van der Waals surface area contributed by atoms with Crippen LogP contribution >= 0.6 is 0 Å². The first-order chi connectivity index (χ1) is 18.2. The quantitative estimate of drug-likeness (QED) is 0.307. The van der Waals surface area contributed by atoms with Crippen LogP contribution in [-0.4, -0.2) is 39.3 Å². The lowest BCUT2D eigenvalue weighted by Gasteiger charge is -2.46. The number of hydrogen-bond acceptors (Lipinski definition) is 7. The van der Waals surface area contributed by atoms with E-state index in [4.69, 9.17) is 9.26 Å². The fraction of sp³-hybridized carbons (Fsp3) is 0.448. The van der Waals surface area contributed by atoms with Crippen LogP contribution in [0.25, 0.3) is 0 Å². The number of carbonyl (C=O) groups is 2. The van der Waals surface area contributed by atoms with Gasteiger partial charge in [-0.1, -0.05) is 25.9 Å². The number of benzene rings is 1. The highest BCUT2D eigenvalue weighted by Crippen LogP contribution is 2.31. The van der Waals surface area contributed by atoms with E-state index in [1.807, 2.05) is 20.8 Å². The molecule has 0 unspecified atom stereocenters. The number of anilines is 3. The molecule has 3 amide bonds. The van der Waals surface area contributed by atoms with E-state index in [0.717, 1.165) is 12.8 Å². The summed E-state index contributed by atoms with van der Waals surface area (Å²) < 4.78 is 11.5. The lowest BCUT2D eigenvalue weighted by atomic mass is 9.81. The Morgan fingerprint density at radius 1 is 0.949 bits per heavy atom. The van der Waals surface area contributed by atoms with Crippen molar-refractivity contribution < 1.29 is 18.8 Å². The Labute approximate surface area is 229 Å². The second kappa shape index (κ2) is 10.7. The lowest BCUT2D eigenvalue weighted by Crippen LogP contribution is -2.60. The molecule has 0 saturated carbocycles. The Morgan fingerprint density at radius 2 is 1.56 bits per heavy atom. The molecule has 4 rings (SSSR count). The number of nitrogens with one attached hydrogen (secondary N) is 4. The summed E-state index contributed by atoms with van der Waals surface area (Å²) in [6.45, 7) is 14.7. The van der Waals surface area contributed by atoms with Gasteiger partial charge in [-0.05, 0) is 64.1 Å². The first kappa shape index (κ1) is 28.1. The monoisotopic (exact) mass is 534 g/mol. The predicted octanol–water partition coefficient (Wildman–Crippen LogP) is 5.95. The first-order valence-corrected chi connectivity index (χ1v) is 13.1. The van der Waals surface area contributed by atoms with Gasteiger partial charge < -0.3 is 25.2 Å². The molecule has 0 aliphatic carbocycles. The van der Waals surface area contributed by atoms with Crippen molar-refractivity contribution in [2.75, 3.05) is 16.0 Å². The van der Waals surface area contributed by atoms with Crippen LogP contribution in [0.1, 0.15) is 77.6 Å². The molecule has 0 atom stereocenters. The van der Waals surface area contributed by atoms with Crippen molar-refractivity contribution in [3.63, 3.8) is 0 Å². The molecular formula is C29H38N6O4. The van der Waals surface area contributed by atoms with Gasteiger partial charge in [-0.3, -0.25) is 10.1 Å². The molecule has 2 aromatic heterocycles. The maximum Gasteiger partial charge on any atom is 0.324 e. The van der Waals surface area contributed by atoms with Crippen molar-refractivity contribution in [3.05, 3.63) is 60.1 Å². The highest BCUT2D eigenvalue weighted by atomic mass is 16.5. The number of carbonyl (C=O) groups excluding carboxylic acids is 2. The summed E-state index contributed by atoms with van der Waals surface area (Å²) in [5, 5.41) is 15.7. The van der Waals surface area contributed by atoms with Crippen molar-refractivity contribution >= 4 is 29.1 Å². The SMILES string of the molecule is CC1(C)CC(Oc2ccc(C(=O)Nc3ccc(NC(=O)Nc4cc(C(C)(C)C)on4)cc3)nc2)CC(C)(C)N1. The minimum atomic E-state index is -0.455.